The molecule has 1 aliphatic carbocycles. The highest BCUT2D eigenvalue weighted by Crippen LogP contribution is 2.35. The molecule has 3 rings (SSSR count). The van der Waals surface area contributed by atoms with Crippen molar-refractivity contribution in [3.63, 3.8) is 0 Å². The summed E-state index contributed by atoms with van der Waals surface area (Å²) in [6.07, 6.45) is 3.93. The number of hydrogen-bond donors (Lipinski definition) is 1. The average Bonchev–Trinajstić information content (AvgIpc) is 2.50. The molecular formula is C18H18BrNO. The first kappa shape index (κ1) is 14.3. The van der Waals surface area contributed by atoms with Gasteiger partial charge in [-0.25, -0.2) is 0 Å². The molecule has 108 valence electrons. The van der Waals surface area contributed by atoms with Gasteiger partial charge in [0.15, 0.2) is 5.78 Å². The van der Waals surface area contributed by atoms with E-state index >= 15 is 0 Å². The molecule has 2 N–H and O–H groups in total. The Morgan fingerprint density at radius 2 is 2.05 bits per heavy atom. The van der Waals surface area contributed by atoms with Crippen molar-refractivity contribution < 1.29 is 4.79 Å². The molecule has 21 heavy (non-hydrogen) atoms. The molecule has 0 saturated carbocycles. The number of anilines is 1. The lowest BCUT2D eigenvalue weighted by Gasteiger charge is -2.25. The Morgan fingerprint density at radius 1 is 1.24 bits per heavy atom. The number of nitrogens with two attached hydrogens (primary N) is 1. The predicted molar refractivity (Wildman–Crippen MR) is 89.6 cm³/mol. The second kappa shape index (κ2) is 6.02. The Balaban J connectivity index is 1.84. The maximum atomic E-state index is 12.6. The lowest BCUT2D eigenvalue weighted by atomic mass is 9.79. The van der Waals surface area contributed by atoms with Crippen LogP contribution in [0.15, 0.2) is 46.9 Å². The van der Waals surface area contributed by atoms with Crippen molar-refractivity contribution in [2.75, 3.05) is 5.73 Å². The quantitative estimate of drug-likeness (QED) is 0.646. The first-order valence-electron chi connectivity index (χ1n) is 7.31. The molecule has 2 nitrogen and oxygen atoms in total. The monoisotopic (exact) mass is 343 g/mol. The Hall–Kier alpha value is -1.61. The molecule has 1 aliphatic rings. The fourth-order valence-electron chi connectivity index (χ4n) is 3.16. The molecule has 0 bridgehead atoms. The van der Waals surface area contributed by atoms with Crippen molar-refractivity contribution in [1.29, 1.82) is 0 Å². The number of Topliss-reactive ketones (excluding diaryl/α,β-unsaturated/α-hetero) is 1. The summed E-state index contributed by atoms with van der Waals surface area (Å²) in [5.41, 5.74) is 9.87. The van der Waals surface area contributed by atoms with Crippen molar-refractivity contribution in [3.05, 3.63) is 63.6 Å². The van der Waals surface area contributed by atoms with Gasteiger partial charge in [0, 0.05) is 22.1 Å². The summed E-state index contributed by atoms with van der Waals surface area (Å²) < 4.78 is 0.825. The van der Waals surface area contributed by atoms with Crippen LogP contribution in [0.2, 0.25) is 0 Å². The van der Waals surface area contributed by atoms with Crippen molar-refractivity contribution in [2.24, 2.45) is 0 Å². The van der Waals surface area contributed by atoms with Gasteiger partial charge < -0.3 is 5.73 Å². The maximum Gasteiger partial charge on any atom is 0.164 e. The number of nitrogen functional groups attached to an aromatic ring is 1. The SMILES string of the molecule is Nc1ccc(Br)c(C(=O)CC2CCCc3ccccc32)c1. The summed E-state index contributed by atoms with van der Waals surface area (Å²) >= 11 is 3.45. The molecular weight excluding hydrogens is 326 g/mol. The van der Waals surface area contributed by atoms with Crippen LogP contribution in [0.4, 0.5) is 5.69 Å². The molecule has 0 amide bonds. The van der Waals surface area contributed by atoms with E-state index in [0.717, 1.165) is 23.7 Å². The number of ketones is 1. The zero-order chi connectivity index (χ0) is 14.8. The van der Waals surface area contributed by atoms with Crippen LogP contribution in [0.25, 0.3) is 0 Å². The summed E-state index contributed by atoms with van der Waals surface area (Å²) in [7, 11) is 0. The minimum Gasteiger partial charge on any atom is -0.399 e. The van der Waals surface area contributed by atoms with E-state index in [1.807, 2.05) is 6.07 Å². The highest BCUT2D eigenvalue weighted by molar-refractivity contribution is 9.10. The Bertz CT molecular complexity index is 681. The summed E-state index contributed by atoms with van der Waals surface area (Å²) in [5, 5.41) is 0. The largest absolute Gasteiger partial charge is 0.399 e. The van der Waals surface area contributed by atoms with Gasteiger partial charge >= 0.3 is 0 Å². The van der Waals surface area contributed by atoms with Crippen LogP contribution in [0.3, 0.4) is 0 Å². The topological polar surface area (TPSA) is 43.1 Å². The molecule has 2 aromatic carbocycles. The van der Waals surface area contributed by atoms with Crippen LogP contribution in [-0.2, 0) is 6.42 Å². The lowest BCUT2D eigenvalue weighted by Crippen LogP contribution is -2.14. The standard InChI is InChI=1S/C18H18BrNO/c19-17-9-8-14(20)11-16(17)18(21)10-13-6-3-5-12-4-1-2-7-15(12)13/h1-2,4,7-9,11,13H,3,5-6,10,20H2. The summed E-state index contributed by atoms with van der Waals surface area (Å²) in [6.45, 7) is 0. The second-order valence-corrected chi connectivity index (χ2v) is 6.51. The van der Waals surface area contributed by atoms with Gasteiger partial charge in [-0.05, 0) is 54.5 Å². The molecule has 3 heteroatoms. The normalized spacial score (nSPS) is 17.3. The Labute approximate surface area is 133 Å². The number of carbonyl (C=O) groups is 1. The predicted octanol–water partition coefficient (Wildman–Crippen LogP) is 4.72. The van der Waals surface area contributed by atoms with Gasteiger partial charge in [-0.1, -0.05) is 40.2 Å². The molecule has 0 heterocycles. The molecule has 0 fully saturated rings. The van der Waals surface area contributed by atoms with Crippen LogP contribution in [0.5, 0.6) is 0 Å². The van der Waals surface area contributed by atoms with E-state index in [1.165, 1.54) is 11.1 Å². The first-order valence-corrected chi connectivity index (χ1v) is 8.10. The van der Waals surface area contributed by atoms with Crippen LogP contribution in [-0.4, -0.2) is 5.78 Å². The number of benzene rings is 2. The van der Waals surface area contributed by atoms with Crippen molar-refractivity contribution in [3.8, 4) is 0 Å². The smallest absolute Gasteiger partial charge is 0.164 e. The number of halogens is 1. The number of hydrogen-bond acceptors (Lipinski definition) is 2. The van der Waals surface area contributed by atoms with E-state index in [2.05, 4.69) is 40.2 Å². The van der Waals surface area contributed by atoms with Gasteiger partial charge in [0.1, 0.15) is 0 Å². The van der Waals surface area contributed by atoms with Gasteiger partial charge in [0.05, 0.1) is 0 Å². The zero-order valence-electron chi connectivity index (χ0n) is 11.8. The molecule has 0 aromatic heterocycles. The molecule has 0 radical (unpaired) electrons. The summed E-state index contributed by atoms with van der Waals surface area (Å²) in [5.74, 6) is 0.492. The van der Waals surface area contributed by atoms with E-state index in [-0.39, 0.29) is 5.78 Å². The van der Waals surface area contributed by atoms with Crippen LogP contribution in [0.1, 0.15) is 46.7 Å². The first-order chi connectivity index (χ1) is 10.1. The van der Waals surface area contributed by atoms with Gasteiger partial charge in [-0.3, -0.25) is 4.79 Å². The number of carbonyl (C=O) groups excluding carboxylic acids is 1. The summed E-state index contributed by atoms with van der Waals surface area (Å²) in [4.78, 5) is 12.6. The van der Waals surface area contributed by atoms with Gasteiger partial charge in [0.2, 0.25) is 0 Å². The molecule has 0 aliphatic heterocycles. The second-order valence-electron chi connectivity index (χ2n) is 5.65. The molecule has 0 saturated heterocycles. The third kappa shape index (κ3) is 3.03. The van der Waals surface area contributed by atoms with Gasteiger partial charge in [-0.15, -0.1) is 0 Å². The molecule has 1 unspecified atom stereocenters. The fraction of sp³-hybridized carbons (Fsp3) is 0.278. The molecule has 0 spiro atoms. The Morgan fingerprint density at radius 3 is 2.90 bits per heavy atom. The summed E-state index contributed by atoms with van der Waals surface area (Å²) in [6, 6.07) is 13.9. The third-order valence-electron chi connectivity index (χ3n) is 4.22. The van der Waals surface area contributed by atoms with Crippen LogP contribution >= 0.6 is 15.9 Å². The van der Waals surface area contributed by atoms with Gasteiger partial charge in [0.25, 0.3) is 0 Å². The van der Waals surface area contributed by atoms with Crippen molar-refractivity contribution >= 4 is 27.4 Å². The zero-order valence-corrected chi connectivity index (χ0v) is 13.4. The van der Waals surface area contributed by atoms with Gasteiger partial charge in [-0.2, -0.15) is 0 Å². The minimum atomic E-state index is 0.163. The van der Waals surface area contributed by atoms with E-state index in [9.17, 15) is 4.79 Å². The number of fused-ring (bicyclic) bond motifs is 1. The minimum absolute atomic E-state index is 0.163. The third-order valence-corrected chi connectivity index (χ3v) is 4.91. The van der Waals surface area contributed by atoms with E-state index in [0.29, 0.717) is 23.6 Å². The number of rotatable bonds is 3. The molecule has 1 atom stereocenters. The van der Waals surface area contributed by atoms with Crippen molar-refractivity contribution in [2.45, 2.75) is 31.6 Å². The highest BCUT2D eigenvalue weighted by Gasteiger charge is 2.23. The maximum absolute atomic E-state index is 12.6. The van der Waals surface area contributed by atoms with E-state index in [1.54, 1.807) is 12.1 Å². The molecule has 2 aromatic rings. The number of aryl methyl sites for hydroxylation is 1. The van der Waals surface area contributed by atoms with Crippen LogP contribution < -0.4 is 5.73 Å². The average molecular weight is 344 g/mol. The fourth-order valence-corrected chi connectivity index (χ4v) is 3.62. The van der Waals surface area contributed by atoms with Crippen molar-refractivity contribution in [1.82, 2.24) is 0 Å². The lowest BCUT2D eigenvalue weighted by molar-refractivity contribution is 0.0970. The van der Waals surface area contributed by atoms with E-state index in [4.69, 9.17) is 5.73 Å². The van der Waals surface area contributed by atoms with Crippen LogP contribution in [0, 0.1) is 0 Å². The highest BCUT2D eigenvalue weighted by atomic mass is 79.9. The Kier molecular flexibility index (Phi) is 4.11. The van der Waals surface area contributed by atoms with E-state index < -0.39 is 0 Å².